The first-order valence-corrected chi connectivity index (χ1v) is 4.79. The molecule has 0 unspecified atom stereocenters. The number of rotatable bonds is 3. The zero-order chi connectivity index (χ0) is 10.7. The maximum absolute atomic E-state index is 10.3. The Morgan fingerprint density at radius 2 is 2.20 bits per heavy atom. The predicted molar refractivity (Wildman–Crippen MR) is 58.0 cm³/mol. The van der Waals surface area contributed by atoms with Crippen molar-refractivity contribution in [3.05, 3.63) is 36.0 Å². The van der Waals surface area contributed by atoms with Gasteiger partial charge in [0.05, 0.1) is 0 Å². The monoisotopic (exact) mass is 204 g/mol. The molecule has 0 aliphatic heterocycles. The fourth-order valence-electron chi connectivity index (χ4n) is 1.64. The number of para-hydroxylation sites is 1. The minimum atomic E-state index is -0.977. The maximum atomic E-state index is 10.3. The largest absolute Gasteiger partial charge is 0.465 e. The fourth-order valence-corrected chi connectivity index (χ4v) is 1.64. The highest BCUT2D eigenvalue weighted by Crippen LogP contribution is 2.17. The minimum absolute atomic E-state index is 0.442. The lowest BCUT2D eigenvalue weighted by atomic mass is 10.1. The Bertz CT molecular complexity index is 476. The molecule has 1 aromatic heterocycles. The zero-order valence-corrected chi connectivity index (χ0v) is 8.16. The van der Waals surface area contributed by atoms with E-state index in [9.17, 15) is 4.79 Å². The van der Waals surface area contributed by atoms with E-state index in [1.165, 1.54) is 0 Å². The van der Waals surface area contributed by atoms with E-state index < -0.39 is 6.09 Å². The molecule has 0 saturated heterocycles. The molecule has 1 amide bonds. The summed E-state index contributed by atoms with van der Waals surface area (Å²) in [6.45, 7) is 0.442. The number of amides is 1. The molecule has 3 N–H and O–H groups in total. The number of H-pyrrole nitrogens is 1. The van der Waals surface area contributed by atoms with Crippen LogP contribution in [0.1, 0.15) is 5.56 Å². The van der Waals surface area contributed by atoms with Crippen molar-refractivity contribution in [1.29, 1.82) is 0 Å². The van der Waals surface area contributed by atoms with Gasteiger partial charge in [0.1, 0.15) is 0 Å². The van der Waals surface area contributed by atoms with Gasteiger partial charge < -0.3 is 15.4 Å². The number of hydrogen-bond acceptors (Lipinski definition) is 1. The van der Waals surface area contributed by atoms with Gasteiger partial charge in [0.2, 0.25) is 0 Å². The molecule has 4 heteroatoms. The summed E-state index contributed by atoms with van der Waals surface area (Å²) in [6.07, 6.45) is 1.65. The van der Waals surface area contributed by atoms with Gasteiger partial charge in [0, 0.05) is 23.6 Å². The first-order chi connectivity index (χ1) is 7.27. The second-order valence-electron chi connectivity index (χ2n) is 3.34. The number of aromatic nitrogens is 1. The summed E-state index contributed by atoms with van der Waals surface area (Å²) in [6, 6.07) is 7.98. The standard InChI is InChI=1S/C11H12N2O2/c14-11(15)12-6-5-8-7-13-10-4-2-1-3-9(8)10/h1-4,7,12-13H,5-6H2,(H,14,15). The molecular formula is C11H12N2O2. The number of nitrogens with one attached hydrogen (secondary N) is 2. The van der Waals surface area contributed by atoms with E-state index in [1.807, 2.05) is 30.5 Å². The van der Waals surface area contributed by atoms with E-state index in [2.05, 4.69) is 10.3 Å². The zero-order valence-electron chi connectivity index (χ0n) is 8.16. The molecule has 78 valence electrons. The van der Waals surface area contributed by atoms with Gasteiger partial charge in [-0.05, 0) is 18.1 Å². The molecule has 0 aliphatic rings. The fraction of sp³-hybridized carbons (Fsp3) is 0.182. The molecule has 0 bridgehead atoms. The summed E-state index contributed by atoms with van der Waals surface area (Å²) in [5.41, 5.74) is 2.22. The van der Waals surface area contributed by atoms with Crippen molar-refractivity contribution in [2.75, 3.05) is 6.54 Å². The van der Waals surface area contributed by atoms with Crippen molar-refractivity contribution in [2.24, 2.45) is 0 Å². The van der Waals surface area contributed by atoms with Gasteiger partial charge in [-0.1, -0.05) is 18.2 Å². The highest BCUT2D eigenvalue weighted by molar-refractivity contribution is 5.83. The topological polar surface area (TPSA) is 65.1 Å². The van der Waals surface area contributed by atoms with Crippen LogP contribution in [0.3, 0.4) is 0 Å². The van der Waals surface area contributed by atoms with Crippen molar-refractivity contribution in [1.82, 2.24) is 10.3 Å². The lowest BCUT2D eigenvalue weighted by Crippen LogP contribution is -2.23. The Hall–Kier alpha value is -1.97. The van der Waals surface area contributed by atoms with Crippen LogP contribution in [0, 0.1) is 0 Å². The van der Waals surface area contributed by atoms with E-state index >= 15 is 0 Å². The van der Waals surface area contributed by atoms with E-state index in [0.29, 0.717) is 13.0 Å². The Balaban J connectivity index is 2.11. The molecule has 0 atom stereocenters. The van der Waals surface area contributed by atoms with Crippen molar-refractivity contribution >= 4 is 17.0 Å². The van der Waals surface area contributed by atoms with Crippen LogP contribution in [0.25, 0.3) is 10.9 Å². The third-order valence-electron chi connectivity index (χ3n) is 2.35. The smallest absolute Gasteiger partial charge is 0.404 e. The van der Waals surface area contributed by atoms with Crippen molar-refractivity contribution in [3.8, 4) is 0 Å². The SMILES string of the molecule is O=C(O)NCCc1c[nH]c2ccccc12. The molecular weight excluding hydrogens is 192 g/mol. The molecule has 2 aromatic rings. The van der Waals surface area contributed by atoms with Crippen LogP contribution >= 0.6 is 0 Å². The average Bonchev–Trinajstić information content (AvgIpc) is 2.62. The average molecular weight is 204 g/mol. The third-order valence-corrected chi connectivity index (χ3v) is 2.35. The minimum Gasteiger partial charge on any atom is -0.465 e. The van der Waals surface area contributed by atoms with Gasteiger partial charge in [-0.2, -0.15) is 0 Å². The van der Waals surface area contributed by atoms with Gasteiger partial charge in [-0.3, -0.25) is 0 Å². The van der Waals surface area contributed by atoms with Gasteiger partial charge in [-0.15, -0.1) is 0 Å². The second-order valence-corrected chi connectivity index (χ2v) is 3.34. The Labute approximate surface area is 86.9 Å². The van der Waals surface area contributed by atoms with Crippen LogP contribution in [0.5, 0.6) is 0 Å². The van der Waals surface area contributed by atoms with E-state index in [1.54, 1.807) is 0 Å². The van der Waals surface area contributed by atoms with Crippen LogP contribution in [0.15, 0.2) is 30.5 Å². The first kappa shape index (κ1) is 9.58. The lowest BCUT2D eigenvalue weighted by Gasteiger charge is -1.99. The summed E-state index contributed by atoms with van der Waals surface area (Å²) in [7, 11) is 0. The van der Waals surface area contributed by atoms with Crippen molar-refractivity contribution in [3.63, 3.8) is 0 Å². The molecule has 1 heterocycles. The van der Waals surface area contributed by atoms with Crippen molar-refractivity contribution in [2.45, 2.75) is 6.42 Å². The summed E-state index contributed by atoms with van der Waals surface area (Å²) in [5, 5.41) is 11.9. The highest BCUT2D eigenvalue weighted by Gasteiger charge is 2.02. The molecule has 15 heavy (non-hydrogen) atoms. The Morgan fingerprint density at radius 3 is 3.00 bits per heavy atom. The third kappa shape index (κ3) is 2.10. The quantitative estimate of drug-likeness (QED) is 0.715. The van der Waals surface area contributed by atoms with Crippen LogP contribution in [-0.4, -0.2) is 22.7 Å². The van der Waals surface area contributed by atoms with E-state index in [4.69, 9.17) is 5.11 Å². The van der Waals surface area contributed by atoms with Crippen LogP contribution < -0.4 is 5.32 Å². The number of fused-ring (bicyclic) bond motifs is 1. The Morgan fingerprint density at radius 1 is 1.40 bits per heavy atom. The Kier molecular flexibility index (Phi) is 2.58. The first-order valence-electron chi connectivity index (χ1n) is 4.79. The van der Waals surface area contributed by atoms with Crippen LogP contribution in [0.2, 0.25) is 0 Å². The molecule has 4 nitrogen and oxygen atoms in total. The van der Waals surface area contributed by atoms with Gasteiger partial charge >= 0.3 is 6.09 Å². The molecule has 0 spiro atoms. The number of aromatic amines is 1. The lowest BCUT2D eigenvalue weighted by molar-refractivity contribution is 0.194. The molecule has 0 radical (unpaired) electrons. The van der Waals surface area contributed by atoms with Crippen LogP contribution in [0.4, 0.5) is 4.79 Å². The molecule has 0 aliphatic carbocycles. The van der Waals surface area contributed by atoms with Gasteiger partial charge in [0.15, 0.2) is 0 Å². The number of hydrogen-bond donors (Lipinski definition) is 3. The molecule has 2 rings (SSSR count). The normalized spacial score (nSPS) is 10.4. The van der Waals surface area contributed by atoms with E-state index in [-0.39, 0.29) is 0 Å². The number of carboxylic acid groups (broad SMARTS) is 1. The summed E-state index contributed by atoms with van der Waals surface area (Å²) in [4.78, 5) is 13.4. The number of carbonyl (C=O) groups is 1. The molecule has 0 saturated carbocycles. The summed E-state index contributed by atoms with van der Waals surface area (Å²) >= 11 is 0. The van der Waals surface area contributed by atoms with Crippen LogP contribution in [-0.2, 0) is 6.42 Å². The summed E-state index contributed by atoms with van der Waals surface area (Å²) < 4.78 is 0. The van der Waals surface area contributed by atoms with E-state index in [0.717, 1.165) is 16.5 Å². The van der Waals surface area contributed by atoms with Gasteiger partial charge in [-0.25, -0.2) is 4.79 Å². The molecule has 1 aromatic carbocycles. The van der Waals surface area contributed by atoms with Crippen molar-refractivity contribution < 1.29 is 9.90 Å². The molecule has 0 fully saturated rings. The predicted octanol–water partition coefficient (Wildman–Crippen LogP) is 1.98. The second kappa shape index (κ2) is 4.04. The summed E-state index contributed by atoms with van der Waals surface area (Å²) in [5.74, 6) is 0. The maximum Gasteiger partial charge on any atom is 0.404 e. The van der Waals surface area contributed by atoms with Gasteiger partial charge in [0.25, 0.3) is 0 Å². The number of benzene rings is 1. The highest BCUT2D eigenvalue weighted by atomic mass is 16.4.